The van der Waals surface area contributed by atoms with E-state index in [4.69, 9.17) is 9.97 Å². The van der Waals surface area contributed by atoms with E-state index < -0.39 is 0 Å². The highest BCUT2D eigenvalue weighted by Crippen LogP contribution is 2.32. The minimum atomic E-state index is 0.844. The molecule has 0 saturated heterocycles. The van der Waals surface area contributed by atoms with Crippen molar-refractivity contribution >= 4 is 45.6 Å². The monoisotopic (exact) mass is 488 g/mol. The van der Waals surface area contributed by atoms with Crippen molar-refractivity contribution in [1.82, 2.24) is 29.3 Å². The molecule has 0 saturated carbocycles. The van der Waals surface area contributed by atoms with Gasteiger partial charge < -0.3 is 9.13 Å². The number of rotatable bonds is 10. The third kappa shape index (κ3) is 4.83. The summed E-state index contributed by atoms with van der Waals surface area (Å²) in [7, 11) is 0. The molecule has 0 bridgehead atoms. The zero-order valence-corrected chi connectivity index (χ0v) is 21.1. The van der Waals surface area contributed by atoms with E-state index in [2.05, 4.69) is 69.6 Å². The number of aryl methyl sites for hydroxylation is 2. The summed E-state index contributed by atoms with van der Waals surface area (Å²) in [6.45, 7) is 6.33. The maximum Gasteiger partial charge on any atom is 0.175 e. The third-order valence-electron chi connectivity index (χ3n) is 5.72. The first-order chi connectivity index (χ1) is 16.8. The first-order valence-electron chi connectivity index (χ1n) is 11.9. The summed E-state index contributed by atoms with van der Waals surface area (Å²) >= 11 is 3.14. The highest BCUT2D eigenvalue weighted by atomic mass is 32.2. The van der Waals surface area contributed by atoms with Crippen LogP contribution in [-0.4, -0.2) is 29.3 Å². The van der Waals surface area contributed by atoms with Crippen LogP contribution in [0.2, 0.25) is 0 Å². The summed E-state index contributed by atoms with van der Waals surface area (Å²) in [6.07, 6.45) is 4.53. The molecular formula is C26H28N6S2. The Hall–Kier alpha value is -2.84. The summed E-state index contributed by atoms with van der Waals surface area (Å²) in [5.41, 5.74) is 4.38. The van der Waals surface area contributed by atoms with Gasteiger partial charge in [0.2, 0.25) is 0 Å². The first kappa shape index (κ1) is 22.9. The molecule has 0 N–H and O–H groups in total. The third-order valence-corrected chi connectivity index (χ3v) is 7.56. The molecule has 5 rings (SSSR count). The SMILES string of the molecule is CCCCn1c(Sc2ccc(Sc3nc4ccccc4n3CCCC)nn2)nc2ccccc21. The molecule has 6 nitrogen and oxygen atoms in total. The Morgan fingerprint density at radius 1 is 0.618 bits per heavy atom. The van der Waals surface area contributed by atoms with Gasteiger partial charge in [0, 0.05) is 13.1 Å². The number of nitrogens with zero attached hydrogens (tertiary/aromatic N) is 6. The fraction of sp³-hybridized carbons (Fsp3) is 0.308. The molecule has 0 fully saturated rings. The number of imidazole rings is 2. The number of para-hydroxylation sites is 4. The van der Waals surface area contributed by atoms with Gasteiger partial charge in [-0.2, -0.15) is 0 Å². The minimum absolute atomic E-state index is 0.844. The molecule has 0 aliphatic carbocycles. The van der Waals surface area contributed by atoms with Gasteiger partial charge in [-0.05, 0) is 72.8 Å². The fourth-order valence-corrected chi connectivity index (χ4v) is 5.63. The Bertz CT molecular complexity index is 1280. The van der Waals surface area contributed by atoms with Crippen LogP contribution in [0.1, 0.15) is 39.5 Å². The van der Waals surface area contributed by atoms with Gasteiger partial charge in [0.15, 0.2) is 10.3 Å². The number of benzene rings is 2. The van der Waals surface area contributed by atoms with E-state index in [1.165, 1.54) is 11.0 Å². The lowest BCUT2D eigenvalue weighted by Gasteiger charge is -2.08. The quantitative estimate of drug-likeness (QED) is 0.209. The lowest BCUT2D eigenvalue weighted by atomic mass is 10.3. The summed E-state index contributed by atoms with van der Waals surface area (Å²) in [6, 6.07) is 20.7. The molecule has 0 atom stereocenters. The van der Waals surface area contributed by atoms with Crippen molar-refractivity contribution in [3.05, 3.63) is 60.7 Å². The Morgan fingerprint density at radius 3 is 1.47 bits per heavy atom. The van der Waals surface area contributed by atoms with Crippen molar-refractivity contribution in [2.45, 2.75) is 73.0 Å². The van der Waals surface area contributed by atoms with E-state index in [0.29, 0.717) is 0 Å². The fourth-order valence-electron chi connectivity index (χ4n) is 3.93. The van der Waals surface area contributed by atoms with Gasteiger partial charge in [-0.25, -0.2) is 9.97 Å². The standard InChI is InChI=1S/C26H28N6S2/c1-3-5-17-31-21-13-9-7-11-19(21)27-25(31)33-23-15-16-24(30-29-23)34-26-28-20-12-8-10-14-22(20)32(26)18-6-4-2/h7-16H,3-6,17-18H2,1-2H3. The first-order valence-corrected chi connectivity index (χ1v) is 13.5. The molecule has 174 valence electrons. The van der Waals surface area contributed by atoms with Gasteiger partial charge in [0.1, 0.15) is 10.1 Å². The molecule has 0 radical (unpaired) electrons. The molecule has 0 aliphatic heterocycles. The van der Waals surface area contributed by atoms with E-state index in [1.807, 2.05) is 24.3 Å². The van der Waals surface area contributed by atoms with Crippen molar-refractivity contribution in [3.8, 4) is 0 Å². The highest BCUT2D eigenvalue weighted by molar-refractivity contribution is 7.99. The molecule has 0 spiro atoms. The minimum Gasteiger partial charge on any atom is -0.319 e. The molecule has 0 aliphatic rings. The average Bonchev–Trinajstić information content (AvgIpc) is 3.39. The predicted molar refractivity (Wildman–Crippen MR) is 140 cm³/mol. The predicted octanol–water partition coefficient (Wildman–Crippen LogP) is 7.08. The van der Waals surface area contributed by atoms with Crippen LogP contribution in [0.25, 0.3) is 22.1 Å². The van der Waals surface area contributed by atoms with Crippen LogP contribution in [0.3, 0.4) is 0 Å². The lowest BCUT2D eigenvalue weighted by Crippen LogP contribution is -2.01. The summed E-state index contributed by atoms with van der Waals surface area (Å²) in [5.74, 6) is 0. The topological polar surface area (TPSA) is 61.4 Å². The molecule has 0 amide bonds. The van der Waals surface area contributed by atoms with Crippen molar-refractivity contribution in [2.24, 2.45) is 0 Å². The van der Waals surface area contributed by atoms with Crippen molar-refractivity contribution in [3.63, 3.8) is 0 Å². The van der Waals surface area contributed by atoms with Gasteiger partial charge in [-0.1, -0.05) is 51.0 Å². The molecular weight excluding hydrogens is 460 g/mol. The summed E-state index contributed by atoms with van der Waals surface area (Å²) < 4.78 is 4.59. The summed E-state index contributed by atoms with van der Waals surface area (Å²) in [5, 5.41) is 12.6. The van der Waals surface area contributed by atoms with Crippen LogP contribution in [0.5, 0.6) is 0 Å². The molecule has 2 aromatic carbocycles. The molecule has 8 heteroatoms. The second kappa shape index (κ2) is 10.6. The van der Waals surface area contributed by atoms with Crippen molar-refractivity contribution in [2.75, 3.05) is 0 Å². The Morgan fingerprint density at radius 2 is 1.06 bits per heavy atom. The van der Waals surface area contributed by atoms with Gasteiger partial charge in [-0.15, -0.1) is 10.2 Å². The second-order valence-corrected chi connectivity index (χ2v) is 10.2. The van der Waals surface area contributed by atoms with E-state index in [1.54, 1.807) is 23.5 Å². The molecule has 0 unspecified atom stereocenters. The smallest absolute Gasteiger partial charge is 0.175 e. The number of hydrogen-bond donors (Lipinski definition) is 0. The van der Waals surface area contributed by atoms with Crippen LogP contribution < -0.4 is 0 Å². The Balaban J connectivity index is 1.37. The molecule has 5 aromatic rings. The van der Waals surface area contributed by atoms with Gasteiger partial charge in [-0.3, -0.25) is 0 Å². The van der Waals surface area contributed by atoms with Gasteiger partial charge in [0.05, 0.1) is 22.1 Å². The highest BCUT2D eigenvalue weighted by Gasteiger charge is 2.15. The lowest BCUT2D eigenvalue weighted by molar-refractivity contribution is 0.600. The molecule has 3 aromatic heterocycles. The molecule has 3 heterocycles. The average molecular weight is 489 g/mol. The maximum absolute atomic E-state index is 4.86. The zero-order valence-electron chi connectivity index (χ0n) is 19.5. The van der Waals surface area contributed by atoms with Crippen LogP contribution >= 0.6 is 23.5 Å². The van der Waals surface area contributed by atoms with Crippen LogP contribution in [0.4, 0.5) is 0 Å². The second-order valence-electron chi connectivity index (χ2n) is 8.19. The number of aromatic nitrogens is 6. The van der Waals surface area contributed by atoms with Gasteiger partial charge >= 0.3 is 0 Å². The normalized spacial score (nSPS) is 11.6. The van der Waals surface area contributed by atoms with E-state index >= 15 is 0 Å². The maximum atomic E-state index is 4.86. The van der Waals surface area contributed by atoms with Crippen molar-refractivity contribution in [1.29, 1.82) is 0 Å². The van der Waals surface area contributed by atoms with Crippen molar-refractivity contribution < 1.29 is 0 Å². The van der Waals surface area contributed by atoms with Crippen LogP contribution in [-0.2, 0) is 13.1 Å². The number of unbranched alkanes of at least 4 members (excludes halogenated alkanes) is 2. The molecule has 34 heavy (non-hydrogen) atoms. The van der Waals surface area contributed by atoms with Crippen LogP contribution in [0.15, 0.2) is 81.0 Å². The number of fused-ring (bicyclic) bond motifs is 2. The van der Waals surface area contributed by atoms with E-state index in [0.717, 1.165) is 70.2 Å². The largest absolute Gasteiger partial charge is 0.319 e. The Kier molecular flexibility index (Phi) is 7.16. The summed E-state index contributed by atoms with van der Waals surface area (Å²) in [4.78, 5) is 9.71. The number of hydrogen-bond acceptors (Lipinski definition) is 6. The Labute approximate surface area is 208 Å². The van der Waals surface area contributed by atoms with Crippen LogP contribution in [0, 0.1) is 0 Å². The van der Waals surface area contributed by atoms with Gasteiger partial charge in [0.25, 0.3) is 0 Å². The van der Waals surface area contributed by atoms with E-state index in [-0.39, 0.29) is 0 Å². The zero-order chi connectivity index (χ0) is 23.3. The van der Waals surface area contributed by atoms with E-state index in [9.17, 15) is 0 Å².